The molecule has 2 atom stereocenters. The molecule has 0 heterocycles. The Morgan fingerprint density at radius 1 is 1.11 bits per heavy atom. The van der Waals surface area contributed by atoms with Gasteiger partial charge in [0, 0.05) is 5.92 Å². The number of hydrogen-bond donors (Lipinski definition) is 1. The number of nitrogens with one attached hydrogen (secondary N) is 1. The maximum Gasteiger partial charge on any atom is 0.416 e. The lowest BCUT2D eigenvalue weighted by atomic mass is 9.77. The molecule has 1 aliphatic rings. The van der Waals surface area contributed by atoms with Crippen LogP contribution >= 0.6 is 0 Å². The first kappa shape index (κ1) is 20.1. The second-order valence-electron chi connectivity index (χ2n) is 7.11. The summed E-state index contributed by atoms with van der Waals surface area (Å²) in [7, 11) is 0. The van der Waals surface area contributed by atoms with Gasteiger partial charge < -0.3 is 5.32 Å². The van der Waals surface area contributed by atoms with Crippen LogP contribution in [0, 0.1) is 11.7 Å². The molecular weight excluding hydrogens is 370 g/mol. The highest BCUT2D eigenvalue weighted by molar-refractivity contribution is 5.92. The van der Waals surface area contributed by atoms with Gasteiger partial charge in [-0.05, 0) is 54.5 Å². The quantitative estimate of drug-likeness (QED) is 0.601. The highest BCUT2D eigenvalue weighted by atomic mass is 19.4. The molecule has 2 aromatic carbocycles. The lowest BCUT2D eigenvalue weighted by Gasteiger charge is -2.29. The summed E-state index contributed by atoms with van der Waals surface area (Å²) in [5, 5.41) is 2.45. The molecule has 148 valence electrons. The number of amides is 1. The maximum atomic E-state index is 14.0. The van der Waals surface area contributed by atoms with E-state index in [1.165, 1.54) is 0 Å². The van der Waals surface area contributed by atoms with Crippen molar-refractivity contribution in [3.63, 3.8) is 0 Å². The van der Waals surface area contributed by atoms with Gasteiger partial charge in [0.05, 0.1) is 11.3 Å². The van der Waals surface area contributed by atoms with Gasteiger partial charge in [0.2, 0.25) is 5.91 Å². The van der Waals surface area contributed by atoms with Gasteiger partial charge in [-0.2, -0.15) is 13.2 Å². The number of halogens is 4. The molecule has 2 nitrogen and oxygen atoms in total. The van der Waals surface area contributed by atoms with Crippen molar-refractivity contribution in [2.45, 2.75) is 37.8 Å². The molecule has 6 heteroatoms. The first-order valence-electron chi connectivity index (χ1n) is 9.18. The molecule has 0 saturated heterocycles. The van der Waals surface area contributed by atoms with Crippen LogP contribution in [0.15, 0.2) is 49.0 Å². The Hall–Kier alpha value is -2.63. The summed E-state index contributed by atoms with van der Waals surface area (Å²) >= 11 is 0. The van der Waals surface area contributed by atoms with Crippen molar-refractivity contribution >= 4 is 17.7 Å². The SMILES string of the molecule is C=Cc1ccc(C2CCCC(C(=O)Nc3ccc(C(F)(F)F)cc3F)C2)cc1. The van der Waals surface area contributed by atoms with Gasteiger partial charge in [-0.1, -0.05) is 43.3 Å². The first-order chi connectivity index (χ1) is 13.3. The van der Waals surface area contributed by atoms with Crippen LogP contribution in [0.3, 0.4) is 0 Å². The lowest BCUT2D eigenvalue weighted by molar-refractivity contribution is -0.137. The van der Waals surface area contributed by atoms with Gasteiger partial charge in [0.1, 0.15) is 5.82 Å². The van der Waals surface area contributed by atoms with Crippen LogP contribution in [0.5, 0.6) is 0 Å². The molecule has 28 heavy (non-hydrogen) atoms. The summed E-state index contributed by atoms with van der Waals surface area (Å²) in [6, 6.07) is 10.1. The number of hydrogen-bond acceptors (Lipinski definition) is 1. The molecular formula is C22H21F4NO. The third-order valence-corrected chi connectivity index (χ3v) is 5.24. The van der Waals surface area contributed by atoms with Crippen molar-refractivity contribution in [1.29, 1.82) is 0 Å². The lowest BCUT2D eigenvalue weighted by Crippen LogP contribution is -2.28. The molecule has 1 fully saturated rings. The summed E-state index contributed by atoms with van der Waals surface area (Å²) in [6.45, 7) is 3.73. The molecule has 2 unspecified atom stereocenters. The van der Waals surface area contributed by atoms with Crippen molar-refractivity contribution in [3.8, 4) is 0 Å². The van der Waals surface area contributed by atoms with E-state index in [0.29, 0.717) is 18.9 Å². The van der Waals surface area contributed by atoms with E-state index in [4.69, 9.17) is 0 Å². The monoisotopic (exact) mass is 391 g/mol. The standard InChI is InChI=1S/C22H21F4NO/c1-2-14-6-8-15(9-7-14)16-4-3-5-17(12-16)21(28)27-20-11-10-18(13-19(20)23)22(24,25)26/h2,6-11,13,16-17H,1,3-5,12H2,(H,27,28). The fourth-order valence-corrected chi connectivity index (χ4v) is 3.66. The largest absolute Gasteiger partial charge is 0.416 e. The van der Waals surface area contributed by atoms with E-state index in [0.717, 1.165) is 36.1 Å². The summed E-state index contributed by atoms with van der Waals surface area (Å²) in [5.74, 6) is -1.53. The Bertz CT molecular complexity index is 858. The molecule has 1 N–H and O–H groups in total. The Morgan fingerprint density at radius 3 is 2.43 bits per heavy atom. The molecule has 0 aliphatic heterocycles. The van der Waals surface area contributed by atoms with Gasteiger partial charge in [0.15, 0.2) is 0 Å². The Labute approximate surface area is 161 Å². The highest BCUT2D eigenvalue weighted by Crippen LogP contribution is 2.37. The van der Waals surface area contributed by atoms with E-state index in [-0.39, 0.29) is 23.4 Å². The van der Waals surface area contributed by atoms with Crippen LogP contribution in [0.2, 0.25) is 0 Å². The van der Waals surface area contributed by atoms with E-state index >= 15 is 0 Å². The van der Waals surface area contributed by atoms with Crippen molar-refractivity contribution in [2.75, 3.05) is 5.32 Å². The summed E-state index contributed by atoms with van der Waals surface area (Å²) < 4.78 is 51.9. The van der Waals surface area contributed by atoms with Crippen molar-refractivity contribution in [2.24, 2.45) is 5.92 Å². The normalized spacial score (nSPS) is 19.9. The van der Waals surface area contributed by atoms with Gasteiger partial charge in [-0.15, -0.1) is 0 Å². The van der Waals surface area contributed by atoms with Gasteiger partial charge >= 0.3 is 6.18 Å². The molecule has 3 rings (SSSR count). The third-order valence-electron chi connectivity index (χ3n) is 5.24. The Morgan fingerprint density at radius 2 is 1.82 bits per heavy atom. The summed E-state index contributed by atoms with van der Waals surface area (Å²) in [4.78, 5) is 12.6. The van der Waals surface area contributed by atoms with Crippen LogP contribution < -0.4 is 5.32 Å². The predicted octanol–water partition coefficient (Wildman–Crippen LogP) is 6.40. The van der Waals surface area contributed by atoms with E-state index < -0.39 is 17.6 Å². The van der Waals surface area contributed by atoms with Gasteiger partial charge in [-0.3, -0.25) is 4.79 Å². The van der Waals surface area contributed by atoms with Crippen molar-refractivity contribution < 1.29 is 22.4 Å². The number of carbonyl (C=O) groups is 1. The number of alkyl halides is 3. The molecule has 0 bridgehead atoms. The second-order valence-corrected chi connectivity index (χ2v) is 7.11. The van der Waals surface area contributed by atoms with E-state index in [1.54, 1.807) is 6.08 Å². The van der Waals surface area contributed by atoms with Crippen molar-refractivity contribution in [3.05, 3.63) is 71.6 Å². The second kappa shape index (κ2) is 8.17. The van der Waals surface area contributed by atoms with Crippen LogP contribution in [-0.2, 0) is 11.0 Å². The van der Waals surface area contributed by atoms with Crippen LogP contribution in [-0.4, -0.2) is 5.91 Å². The smallest absolute Gasteiger partial charge is 0.323 e. The zero-order valence-electron chi connectivity index (χ0n) is 15.2. The molecule has 2 aromatic rings. The Kier molecular flexibility index (Phi) is 5.87. The van der Waals surface area contributed by atoms with Gasteiger partial charge in [-0.25, -0.2) is 4.39 Å². The summed E-state index contributed by atoms with van der Waals surface area (Å²) in [5.41, 5.74) is 0.856. The highest BCUT2D eigenvalue weighted by Gasteiger charge is 2.32. The maximum absolute atomic E-state index is 14.0. The summed E-state index contributed by atoms with van der Waals surface area (Å²) in [6.07, 6.45) is 0.269. The fraction of sp³-hybridized carbons (Fsp3) is 0.318. The minimum atomic E-state index is -4.62. The number of benzene rings is 2. The number of anilines is 1. The minimum Gasteiger partial charge on any atom is -0.323 e. The fourth-order valence-electron chi connectivity index (χ4n) is 3.66. The van der Waals surface area contributed by atoms with Crippen LogP contribution in [0.1, 0.15) is 48.3 Å². The topological polar surface area (TPSA) is 29.1 Å². The van der Waals surface area contributed by atoms with Gasteiger partial charge in [0.25, 0.3) is 0 Å². The number of rotatable bonds is 4. The van der Waals surface area contributed by atoms with E-state index in [1.807, 2.05) is 24.3 Å². The van der Waals surface area contributed by atoms with E-state index in [2.05, 4.69) is 11.9 Å². The molecule has 0 radical (unpaired) electrons. The zero-order chi connectivity index (χ0) is 20.3. The molecule has 0 aromatic heterocycles. The molecule has 1 amide bonds. The molecule has 0 spiro atoms. The van der Waals surface area contributed by atoms with Crippen molar-refractivity contribution in [1.82, 2.24) is 0 Å². The third kappa shape index (κ3) is 4.61. The molecule has 1 aliphatic carbocycles. The zero-order valence-corrected chi connectivity index (χ0v) is 15.2. The minimum absolute atomic E-state index is 0.223. The Balaban J connectivity index is 1.68. The van der Waals surface area contributed by atoms with E-state index in [9.17, 15) is 22.4 Å². The van der Waals surface area contributed by atoms with Crippen LogP contribution in [0.4, 0.5) is 23.2 Å². The van der Waals surface area contributed by atoms with Crippen LogP contribution in [0.25, 0.3) is 6.08 Å². The average Bonchev–Trinajstić information content (AvgIpc) is 2.69. The number of carbonyl (C=O) groups excluding carboxylic acids is 1. The predicted molar refractivity (Wildman–Crippen MR) is 101 cm³/mol. The molecule has 1 saturated carbocycles. The first-order valence-corrected chi connectivity index (χ1v) is 9.18. The average molecular weight is 391 g/mol.